The first-order valence-electron chi connectivity index (χ1n) is 10.8. The Kier molecular flexibility index (Phi) is 7.98. The average Bonchev–Trinajstić information content (AvgIpc) is 3.37. The van der Waals surface area contributed by atoms with E-state index in [1.165, 1.54) is 6.20 Å². The number of rotatable bonds is 6. The van der Waals surface area contributed by atoms with Crippen molar-refractivity contribution in [1.29, 1.82) is 0 Å². The summed E-state index contributed by atoms with van der Waals surface area (Å²) in [5.74, 6) is -0.578. The summed E-state index contributed by atoms with van der Waals surface area (Å²) in [5, 5.41) is 14.4. The van der Waals surface area contributed by atoms with Crippen molar-refractivity contribution >= 4 is 58.2 Å². The summed E-state index contributed by atoms with van der Waals surface area (Å²) in [7, 11) is 3.32. The Labute approximate surface area is 222 Å². The number of benzene rings is 1. The van der Waals surface area contributed by atoms with Gasteiger partial charge < -0.3 is 20.4 Å². The first-order chi connectivity index (χ1) is 16.7. The molecule has 3 heterocycles. The molecule has 0 unspecified atom stereocenters. The molecule has 0 bridgehead atoms. The number of halogens is 4. The van der Waals surface area contributed by atoms with Crippen LogP contribution in [-0.2, 0) is 11.8 Å². The highest BCUT2D eigenvalue weighted by molar-refractivity contribution is 6.42. The third kappa shape index (κ3) is 5.62. The number of aryl methyl sites for hydroxylation is 1. The van der Waals surface area contributed by atoms with Crippen LogP contribution in [0.1, 0.15) is 34.9 Å². The van der Waals surface area contributed by atoms with Crippen molar-refractivity contribution in [1.82, 2.24) is 25.7 Å². The lowest BCUT2D eigenvalue weighted by Gasteiger charge is -2.37. The first-order valence-corrected chi connectivity index (χ1v) is 12.4. The van der Waals surface area contributed by atoms with Crippen molar-refractivity contribution in [2.24, 2.45) is 7.05 Å². The Hall–Kier alpha value is -2.23. The summed E-state index contributed by atoms with van der Waals surface area (Å²) in [5.41, 5.74) is 1.92. The van der Waals surface area contributed by atoms with E-state index in [0.29, 0.717) is 45.7 Å². The fraction of sp³-hybridized carbons (Fsp3) is 0.348. The molecule has 35 heavy (non-hydrogen) atoms. The average molecular weight is 559 g/mol. The minimum Gasteiger partial charge on any atom is -0.439 e. The third-order valence-corrected chi connectivity index (χ3v) is 7.41. The lowest BCUT2D eigenvalue weighted by Crippen LogP contribution is -2.54. The Morgan fingerprint density at radius 3 is 2.60 bits per heavy atom. The molecule has 1 aliphatic rings. The summed E-state index contributed by atoms with van der Waals surface area (Å²) < 4.78 is 7.11. The van der Waals surface area contributed by atoms with E-state index >= 15 is 0 Å². The molecule has 1 fully saturated rings. The maximum Gasteiger partial charge on any atom is 0.287 e. The Bertz CT molecular complexity index is 1240. The number of nitrogens with one attached hydrogen (secondary N) is 3. The van der Waals surface area contributed by atoms with Crippen LogP contribution in [-0.4, -0.2) is 47.3 Å². The number of carbonyl (C=O) groups is 2. The van der Waals surface area contributed by atoms with Crippen LogP contribution in [0.15, 0.2) is 34.9 Å². The van der Waals surface area contributed by atoms with Gasteiger partial charge >= 0.3 is 0 Å². The van der Waals surface area contributed by atoms with Crippen molar-refractivity contribution in [2.45, 2.75) is 30.8 Å². The van der Waals surface area contributed by atoms with Gasteiger partial charge in [0, 0.05) is 51.1 Å². The molecule has 2 aromatic heterocycles. The van der Waals surface area contributed by atoms with E-state index < -0.39 is 5.91 Å². The molecule has 1 aliphatic heterocycles. The van der Waals surface area contributed by atoms with E-state index in [9.17, 15) is 9.59 Å². The molecule has 0 aliphatic carbocycles. The molecule has 2 amide bonds. The number of piperidine rings is 1. The van der Waals surface area contributed by atoms with Gasteiger partial charge in [-0.25, -0.2) is 0 Å². The minimum absolute atomic E-state index is 0.0362. The number of carbonyl (C=O) groups excluding carboxylic acids is 2. The standard InChI is InChI=1S/C23H23Cl4N5O3/c1-28-20(33)7-12-6-13(11-3-4-15(24)16(25)5-11)18(10-29-12)31-23(34)19-8-14(22(27)35-19)21-17(26)9-30-32(21)2/h3-5,8-9,12-13,18,29H,6-7,10H2,1-2H3,(H,28,33)(H,31,34)/t12-,13-,18+/m0/s1. The lowest BCUT2D eigenvalue weighted by atomic mass is 9.81. The third-order valence-electron chi connectivity index (χ3n) is 6.11. The maximum atomic E-state index is 13.2. The zero-order valence-electron chi connectivity index (χ0n) is 18.9. The van der Waals surface area contributed by atoms with Crippen LogP contribution in [0.3, 0.4) is 0 Å². The Morgan fingerprint density at radius 2 is 1.94 bits per heavy atom. The molecule has 0 saturated carbocycles. The second-order valence-corrected chi connectivity index (χ2v) is 9.91. The zero-order chi connectivity index (χ0) is 25.3. The summed E-state index contributed by atoms with van der Waals surface area (Å²) >= 11 is 24.9. The number of aromatic nitrogens is 2. The second kappa shape index (κ2) is 10.8. The van der Waals surface area contributed by atoms with Crippen LogP contribution in [0.2, 0.25) is 20.3 Å². The molecule has 3 atom stereocenters. The van der Waals surface area contributed by atoms with E-state index in [4.69, 9.17) is 50.8 Å². The SMILES string of the molecule is CNC(=O)C[C@@H]1C[C@@H](c2ccc(Cl)c(Cl)c2)[C@H](NC(=O)c2cc(-c3c(Cl)cnn3C)c(Cl)o2)CN1. The fourth-order valence-electron chi connectivity index (χ4n) is 4.33. The van der Waals surface area contributed by atoms with E-state index in [0.717, 1.165) is 5.56 Å². The fourth-order valence-corrected chi connectivity index (χ4v) is 5.13. The van der Waals surface area contributed by atoms with E-state index in [-0.39, 0.29) is 34.9 Å². The Morgan fingerprint density at radius 1 is 1.17 bits per heavy atom. The molecule has 4 rings (SSSR count). The molecule has 3 N–H and O–H groups in total. The van der Waals surface area contributed by atoms with Crippen molar-refractivity contribution in [3.63, 3.8) is 0 Å². The number of furan rings is 1. The van der Waals surface area contributed by atoms with Crippen LogP contribution >= 0.6 is 46.4 Å². The summed E-state index contributed by atoms with van der Waals surface area (Å²) in [6, 6.07) is 6.56. The number of nitrogens with zero attached hydrogens (tertiary/aromatic N) is 2. The van der Waals surface area contributed by atoms with Crippen LogP contribution < -0.4 is 16.0 Å². The van der Waals surface area contributed by atoms with E-state index in [2.05, 4.69) is 21.0 Å². The van der Waals surface area contributed by atoms with Crippen molar-refractivity contribution in [2.75, 3.05) is 13.6 Å². The molecule has 3 aromatic rings. The van der Waals surface area contributed by atoms with Gasteiger partial charge in [-0.3, -0.25) is 14.3 Å². The number of hydrogen-bond donors (Lipinski definition) is 3. The molecular formula is C23H23Cl4N5O3. The highest BCUT2D eigenvalue weighted by Crippen LogP contribution is 2.36. The van der Waals surface area contributed by atoms with Gasteiger partial charge in [0.25, 0.3) is 5.91 Å². The molecule has 1 saturated heterocycles. The highest BCUT2D eigenvalue weighted by atomic mass is 35.5. The van der Waals surface area contributed by atoms with E-state index in [1.807, 2.05) is 6.07 Å². The normalized spacial score (nSPS) is 20.0. The van der Waals surface area contributed by atoms with Crippen molar-refractivity contribution < 1.29 is 14.0 Å². The van der Waals surface area contributed by atoms with Gasteiger partial charge in [-0.15, -0.1) is 0 Å². The number of hydrogen-bond acceptors (Lipinski definition) is 5. The smallest absolute Gasteiger partial charge is 0.287 e. The van der Waals surface area contributed by atoms with Crippen LogP contribution in [0.25, 0.3) is 11.3 Å². The number of amides is 2. The second-order valence-electron chi connectivity index (χ2n) is 8.34. The predicted molar refractivity (Wildman–Crippen MR) is 136 cm³/mol. The van der Waals surface area contributed by atoms with Gasteiger partial charge in [0.2, 0.25) is 11.1 Å². The zero-order valence-corrected chi connectivity index (χ0v) is 21.9. The molecular weight excluding hydrogens is 536 g/mol. The lowest BCUT2D eigenvalue weighted by molar-refractivity contribution is -0.121. The van der Waals surface area contributed by atoms with Crippen molar-refractivity contribution in [3.8, 4) is 11.3 Å². The van der Waals surface area contributed by atoms with Crippen molar-refractivity contribution in [3.05, 3.63) is 62.1 Å². The van der Waals surface area contributed by atoms with Gasteiger partial charge in [0.1, 0.15) is 0 Å². The van der Waals surface area contributed by atoms with Gasteiger partial charge in [0.05, 0.1) is 32.5 Å². The monoisotopic (exact) mass is 557 g/mol. The molecule has 8 nitrogen and oxygen atoms in total. The minimum atomic E-state index is -0.432. The summed E-state index contributed by atoms with van der Waals surface area (Å²) in [6.07, 6.45) is 2.41. The first kappa shape index (κ1) is 25.9. The Balaban J connectivity index is 1.57. The molecule has 12 heteroatoms. The molecule has 0 radical (unpaired) electrons. The molecule has 186 valence electrons. The summed E-state index contributed by atoms with van der Waals surface area (Å²) in [6.45, 7) is 0.438. The predicted octanol–water partition coefficient (Wildman–Crippen LogP) is 4.67. The van der Waals surface area contributed by atoms with Crippen LogP contribution in [0.4, 0.5) is 0 Å². The van der Waals surface area contributed by atoms with Crippen LogP contribution in [0.5, 0.6) is 0 Å². The highest BCUT2D eigenvalue weighted by Gasteiger charge is 2.34. The largest absolute Gasteiger partial charge is 0.439 e. The molecule has 0 spiro atoms. The van der Waals surface area contributed by atoms with Crippen LogP contribution in [0, 0.1) is 0 Å². The van der Waals surface area contributed by atoms with Gasteiger partial charge in [-0.05, 0) is 35.7 Å². The van der Waals surface area contributed by atoms with Gasteiger partial charge in [0.15, 0.2) is 5.76 Å². The van der Waals surface area contributed by atoms with Gasteiger partial charge in [-0.2, -0.15) is 5.10 Å². The van der Waals surface area contributed by atoms with Gasteiger partial charge in [-0.1, -0.05) is 40.9 Å². The topological polar surface area (TPSA) is 101 Å². The quantitative estimate of drug-likeness (QED) is 0.408. The summed E-state index contributed by atoms with van der Waals surface area (Å²) in [4.78, 5) is 25.1. The van der Waals surface area contributed by atoms with E-state index in [1.54, 1.807) is 37.0 Å². The molecule has 1 aromatic carbocycles. The maximum absolute atomic E-state index is 13.2.